The Morgan fingerprint density at radius 2 is 1.95 bits per heavy atom. The second kappa shape index (κ2) is 9.54. The molecule has 0 heterocycles. The third-order valence-electron chi connectivity index (χ3n) is 3.16. The third kappa shape index (κ3) is 6.71. The summed E-state index contributed by atoms with van der Waals surface area (Å²) in [6.07, 6.45) is 2.41. The summed E-state index contributed by atoms with van der Waals surface area (Å²) < 4.78 is 4.93. The minimum atomic E-state index is -0.102. The molecule has 3 nitrogen and oxygen atoms in total. The molecular weight excluding hydrogens is 250 g/mol. The molecule has 3 heteroatoms. The minimum Gasteiger partial charge on any atom is -0.466 e. The molecular formula is C17H27NO2. The molecule has 112 valence electrons. The summed E-state index contributed by atoms with van der Waals surface area (Å²) in [4.78, 5) is 11.3. The molecule has 0 aliphatic carbocycles. The lowest BCUT2D eigenvalue weighted by atomic mass is 9.97. The van der Waals surface area contributed by atoms with Crippen LogP contribution in [0.5, 0.6) is 0 Å². The van der Waals surface area contributed by atoms with E-state index in [1.165, 1.54) is 5.56 Å². The van der Waals surface area contributed by atoms with Crippen molar-refractivity contribution in [3.8, 4) is 0 Å². The minimum absolute atomic E-state index is 0.102. The highest BCUT2D eigenvalue weighted by molar-refractivity contribution is 5.69. The van der Waals surface area contributed by atoms with Crippen molar-refractivity contribution in [1.29, 1.82) is 0 Å². The molecule has 0 radical (unpaired) electrons. The fourth-order valence-electron chi connectivity index (χ4n) is 2.24. The van der Waals surface area contributed by atoms with Crippen LogP contribution in [-0.2, 0) is 9.53 Å². The second-order valence-electron chi connectivity index (χ2n) is 5.46. The molecule has 0 saturated carbocycles. The van der Waals surface area contributed by atoms with E-state index < -0.39 is 0 Å². The van der Waals surface area contributed by atoms with E-state index in [9.17, 15) is 4.79 Å². The Bertz CT molecular complexity index is 376. The molecule has 0 saturated heterocycles. The van der Waals surface area contributed by atoms with Gasteiger partial charge in [0.05, 0.1) is 6.61 Å². The van der Waals surface area contributed by atoms with Crippen LogP contribution in [-0.4, -0.2) is 19.1 Å². The average molecular weight is 277 g/mol. The summed E-state index contributed by atoms with van der Waals surface area (Å²) in [6, 6.07) is 10.9. The molecule has 20 heavy (non-hydrogen) atoms. The second-order valence-corrected chi connectivity index (χ2v) is 5.46. The lowest BCUT2D eigenvalue weighted by Gasteiger charge is -2.21. The monoisotopic (exact) mass is 277 g/mol. The Morgan fingerprint density at radius 3 is 2.55 bits per heavy atom. The molecule has 0 aliphatic heterocycles. The maximum atomic E-state index is 11.3. The molecule has 0 spiro atoms. The van der Waals surface area contributed by atoms with Crippen LogP contribution in [0.1, 0.15) is 51.6 Å². The third-order valence-corrected chi connectivity index (χ3v) is 3.16. The van der Waals surface area contributed by atoms with Gasteiger partial charge < -0.3 is 10.1 Å². The van der Waals surface area contributed by atoms with Crippen molar-refractivity contribution in [3.63, 3.8) is 0 Å². The van der Waals surface area contributed by atoms with Gasteiger partial charge in [0.2, 0.25) is 0 Å². The summed E-state index contributed by atoms with van der Waals surface area (Å²) in [6.45, 7) is 7.61. The number of nitrogens with one attached hydrogen (secondary N) is 1. The number of esters is 1. The first kappa shape index (κ1) is 16.7. The van der Waals surface area contributed by atoms with Crippen LogP contribution >= 0.6 is 0 Å². The smallest absolute Gasteiger partial charge is 0.305 e. The molecule has 1 aromatic carbocycles. The predicted octanol–water partition coefficient (Wildman–Crippen LogP) is 3.71. The lowest BCUT2D eigenvalue weighted by molar-refractivity contribution is -0.143. The highest BCUT2D eigenvalue weighted by Gasteiger charge is 2.12. The molecule has 1 N–H and O–H groups in total. The zero-order valence-corrected chi connectivity index (χ0v) is 12.9. The van der Waals surface area contributed by atoms with E-state index in [1.54, 1.807) is 0 Å². The van der Waals surface area contributed by atoms with Crippen LogP contribution in [0.3, 0.4) is 0 Å². The molecule has 0 bridgehead atoms. The van der Waals surface area contributed by atoms with Crippen LogP contribution in [0.2, 0.25) is 0 Å². The standard InChI is InChI=1S/C17H27NO2/c1-4-20-17(19)11-8-12-18-16(13-14(2)3)15-9-6-5-7-10-15/h5-7,9-10,14,16,18H,4,8,11-13H2,1-3H3. The van der Waals surface area contributed by atoms with Gasteiger partial charge in [0, 0.05) is 12.5 Å². The van der Waals surface area contributed by atoms with Gasteiger partial charge in [0.1, 0.15) is 0 Å². The van der Waals surface area contributed by atoms with Crippen LogP contribution in [0, 0.1) is 5.92 Å². The van der Waals surface area contributed by atoms with Crippen molar-refractivity contribution in [2.24, 2.45) is 5.92 Å². The largest absolute Gasteiger partial charge is 0.466 e. The van der Waals surface area contributed by atoms with E-state index in [-0.39, 0.29) is 5.97 Å². The summed E-state index contributed by atoms with van der Waals surface area (Å²) in [5.41, 5.74) is 1.32. The molecule has 1 rings (SSSR count). The topological polar surface area (TPSA) is 38.3 Å². The van der Waals surface area contributed by atoms with E-state index in [0.29, 0.717) is 25.0 Å². The maximum absolute atomic E-state index is 11.3. The summed E-state index contributed by atoms with van der Waals surface area (Å²) in [5.74, 6) is 0.534. The Morgan fingerprint density at radius 1 is 1.25 bits per heavy atom. The first-order valence-corrected chi connectivity index (χ1v) is 7.57. The highest BCUT2D eigenvalue weighted by Crippen LogP contribution is 2.20. The Hall–Kier alpha value is -1.35. The molecule has 1 atom stereocenters. The van der Waals surface area contributed by atoms with Gasteiger partial charge in [0.15, 0.2) is 0 Å². The van der Waals surface area contributed by atoms with E-state index >= 15 is 0 Å². The van der Waals surface area contributed by atoms with Crippen LogP contribution in [0.4, 0.5) is 0 Å². The average Bonchev–Trinajstić information content (AvgIpc) is 2.43. The zero-order chi connectivity index (χ0) is 14.8. The summed E-state index contributed by atoms with van der Waals surface area (Å²) in [7, 11) is 0. The number of carbonyl (C=O) groups excluding carboxylic acids is 1. The summed E-state index contributed by atoms with van der Waals surface area (Å²) in [5, 5.41) is 3.56. The van der Waals surface area contributed by atoms with Gasteiger partial charge in [-0.05, 0) is 37.8 Å². The van der Waals surface area contributed by atoms with Gasteiger partial charge in [-0.15, -0.1) is 0 Å². The lowest BCUT2D eigenvalue weighted by Crippen LogP contribution is -2.24. The van der Waals surface area contributed by atoms with Gasteiger partial charge in [-0.2, -0.15) is 0 Å². The molecule has 0 amide bonds. The van der Waals surface area contributed by atoms with Crippen molar-refractivity contribution in [2.45, 2.75) is 46.1 Å². The van der Waals surface area contributed by atoms with Crippen molar-refractivity contribution < 1.29 is 9.53 Å². The molecule has 1 aromatic rings. The molecule has 0 fully saturated rings. The summed E-state index contributed by atoms with van der Waals surface area (Å²) >= 11 is 0. The Labute approximate surface area is 122 Å². The number of hydrogen-bond acceptors (Lipinski definition) is 3. The number of benzene rings is 1. The van der Waals surface area contributed by atoms with E-state index in [1.807, 2.05) is 13.0 Å². The van der Waals surface area contributed by atoms with E-state index in [2.05, 4.69) is 43.4 Å². The van der Waals surface area contributed by atoms with Gasteiger partial charge in [-0.25, -0.2) is 0 Å². The van der Waals surface area contributed by atoms with E-state index in [4.69, 9.17) is 4.74 Å². The number of hydrogen-bond donors (Lipinski definition) is 1. The normalized spacial score (nSPS) is 12.4. The fraction of sp³-hybridized carbons (Fsp3) is 0.588. The predicted molar refractivity (Wildman–Crippen MR) is 82.5 cm³/mol. The SMILES string of the molecule is CCOC(=O)CCCNC(CC(C)C)c1ccccc1. The maximum Gasteiger partial charge on any atom is 0.305 e. The Balaban J connectivity index is 2.40. The van der Waals surface area contributed by atoms with Crippen molar-refractivity contribution >= 4 is 5.97 Å². The number of ether oxygens (including phenoxy) is 1. The van der Waals surface area contributed by atoms with Crippen LogP contribution < -0.4 is 5.32 Å². The van der Waals surface area contributed by atoms with Gasteiger partial charge in [-0.3, -0.25) is 4.79 Å². The number of rotatable bonds is 9. The fourth-order valence-corrected chi connectivity index (χ4v) is 2.24. The van der Waals surface area contributed by atoms with E-state index in [0.717, 1.165) is 19.4 Å². The van der Waals surface area contributed by atoms with Crippen LogP contribution in [0.25, 0.3) is 0 Å². The zero-order valence-electron chi connectivity index (χ0n) is 12.9. The van der Waals surface area contributed by atoms with Gasteiger partial charge >= 0.3 is 5.97 Å². The molecule has 1 unspecified atom stereocenters. The first-order valence-electron chi connectivity index (χ1n) is 7.57. The molecule has 0 aliphatic rings. The van der Waals surface area contributed by atoms with Crippen LogP contribution in [0.15, 0.2) is 30.3 Å². The quantitative estimate of drug-likeness (QED) is 0.552. The van der Waals surface area contributed by atoms with Crippen molar-refractivity contribution in [3.05, 3.63) is 35.9 Å². The van der Waals surface area contributed by atoms with Crippen molar-refractivity contribution in [1.82, 2.24) is 5.32 Å². The van der Waals surface area contributed by atoms with Gasteiger partial charge in [-0.1, -0.05) is 44.2 Å². The highest BCUT2D eigenvalue weighted by atomic mass is 16.5. The van der Waals surface area contributed by atoms with Gasteiger partial charge in [0.25, 0.3) is 0 Å². The van der Waals surface area contributed by atoms with Crippen molar-refractivity contribution in [2.75, 3.05) is 13.2 Å². The number of carbonyl (C=O) groups is 1. The first-order chi connectivity index (χ1) is 9.63. The molecule has 0 aromatic heterocycles. The Kier molecular flexibility index (Phi) is 7.97.